The van der Waals surface area contributed by atoms with Gasteiger partial charge in [0.1, 0.15) is 15.8 Å². The highest BCUT2D eigenvalue weighted by Gasteiger charge is 2.22. The molecule has 4 aromatic rings. The monoisotopic (exact) mass is 493 g/mol. The van der Waals surface area contributed by atoms with Crippen LogP contribution in [-0.2, 0) is 6.54 Å². The van der Waals surface area contributed by atoms with Gasteiger partial charge in [0.2, 0.25) is 0 Å². The number of thiazole rings is 1. The highest BCUT2D eigenvalue weighted by molar-refractivity contribution is 7.13. The van der Waals surface area contributed by atoms with Crippen LogP contribution in [0.2, 0.25) is 5.02 Å². The van der Waals surface area contributed by atoms with E-state index in [4.69, 9.17) is 21.3 Å². The second kappa shape index (κ2) is 9.97. The van der Waals surface area contributed by atoms with E-state index < -0.39 is 0 Å². The van der Waals surface area contributed by atoms with Gasteiger partial charge in [-0.1, -0.05) is 41.9 Å². The maximum atomic E-state index is 12.8. The number of para-hydroxylation sites is 1. The SMILES string of the molecule is COc1cccc(-c2nc(CN3CCN(c4cnn(-c5ccccc5)c(=O)c4Cl)CC3)cs2)c1. The van der Waals surface area contributed by atoms with Crippen LogP contribution in [0.25, 0.3) is 16.3 Å². The number of halogens is 1. The molecule has 174 valence electrons. The first kappa shape index (κ1) is 22.6. The molecule has 1 aliphatic rings. The summed E-state index contributed by atoms with van der Waals surface area (Å²) in [6, 6.07) is 17.3. The number of ether oxygens (including phenoxy) is 1. The molecule has 0 radical (unpaired) electrons. The minimum absolute atomic E-state index is 0.203. The summed E-state index contributed by atoms with van der Waals surface area (Å²) in [5.74, 6) is 0.829. The zero-order valence-corrected chi connectivity index (χ0v) is 20.3. The quantitative estimate of drug-likeness (QED) is 0.398. The summed E-state index contributed by atoms with van der Waals surface area (Å²) < 4.78 is 6.66. The molecule has 1 fully saturated rings. The van der Waals surface area contributed by atoms with E-state index in [0.717, 1.165) is 54.7 Å². The van der Waals surface area contributed by atoms with Crippen molar-refractivity contribution in [1.82, 2.24) is 19.7 Å². The van der Waals surface area contributed by atoms with Crippen LogP contribution in [0, 0.1) is 0 Å². The fourth-order valence-electron chi connectivity index (χ4n) is 4.04. The van der Waals surface area contributed by atoms with Crippen molar-refractivity contribution in [3.8, 4) is 22.0 Å². The van der Waals surface area contributed by atoms with E-state index in [1.165, 1.54) is 4.68 Å². The van der Waals surface area contributed by atoms with Crippen LogP contribution in [-0.4, -0.2) is 53.0 Å². The van der Waals surface area contributed by atoms with Gasteiger partial charge < -0.3 is 9.64 Å². The summed E-state index contributed by atoms with van der Waals surface area (Å²) in [6.45, 7) is 4.02. The molecule has 0 unspecified atom stereocenters. The van der Waals surface area contributed by atoms with Crippen molar-refractivity contribution in [2.24, 2.45) is 0 Å². The van der Waals surface area contributed by atoms with Gasteiger partial charge >= 0.3 is 0 Å². The van der Waals surface area contributed by atoms with E-state index in [-0.39, 0.29) is 10.6 Å². The van der Waals surface area contributed by atoms with Gasteiger partial charge in [-0.3, -0.25) is 9.69 Å². The number of aromatic nitrogens is 3. The summed E-state index contributed by atoms with van der Waals surface area (Å²) in [5.41, 5.74) is 3.20. The van der Waals surface area contributed by atoms with Gasteiger partial charge in [-0.15, -0.1) is 11.3 Å². The highest BCUT2D eigenvalue weighted by Crippen LogP contribution is 2.28. The number of rotatable bonds is 6. The Labute approximate surface area is 206 Å². The predicted molar refractivity (Wildman–Crippen MR) is 136 cm³/mol. The molecule has 0 aliphatic carbocycles. The minimum Gasteiger partial charge on any atom is -0.497 e. The number of piperazine rings is 1. The number of anilines is 1. The van der Waals surface area contributed by atoms with Crippen LogP contribution in [0.5, 0.6) is 5.75 Å². The predicted octanol–water partition coefficient (Wildman–Crippen LogP) is 4.34. The zero-order chi connectivity index (χ0) is 23.5. The summed E-state index contributed by atoms with van der Waals surface area (Å²) >= 11 is 8.13. The van der Waals surface area contributed by atoms with E-state index >= 15 is 0 Å². The molecule has 0 spiro atoms. The molecule has 0 N–H and O–H groups in total. The van der Waals surface area contributed by atoms with Crippen molar-refractivity contribution in [2.45, 2.75) is 6.54 Å². The Morgan fingerprint density at radius 3 is 2.62 bits per heavy atom. The molecule has 7 nitrogen and oxygen atoms in total. The molecule has 1 aliphatic heterocycles. The standard InChI is InChI=1S/C25H24ClN5O2S/c1-33-21-9-5-6-18(14-21)24-28-19(17-34-24)16-29-10-12-30(13-11-29)22-15-27-31(25(32)23(22)26)20-7-3-2-4-8-20/h2-9,14-15,17H,10-13,16H2,1H3. The lowest BCUT2D eigenvalue weighted by Crippen LogP contribution is -2.46. The largest absolute Gasteiger partial charge is 0.497 e. The maximum absolute atomic E-state index is 12.8. The zero-order valence-electron chi connectivity index (χ0n) is 18.7. The Morgan fingerprint density at radius 2 is 1.85 bits per heavy atom. The summed E-state index contributed by atoms with van der Waals surface area (Å²) in [7, 11) is 1.67. The first-order valence-corrected chi connectivity index (χ1v) is 12.3. The lowest BCUT2D eigenvalue weighted by atomic mass is 10.2. The number of hydrogen-bond donors (Lipinski definition) is 0. The van der Waals surface area contributed by atoms with E-state index in [9.17, 15) is 4.79 Å². The molecular weight excluding hydrogens is 470 g/mol. The van der Waals surface area contributed by atoms with Crippen molar-refractivity contribution >= 4 is 28.6 Å². The molecule has 9 heteroatoms. The van der Waals surface area contributed by atoms with Crippen molar-refractivity contribution < 1.29 is 4.74 Å². The second-order valence-electron chi connectivity index (χ2n) is 8.04. The normalized spacial score (nSPS) is 14.4. The Balaban J connectivity index is 1.23. The third-order valence-corrected chi connectivity index (χ3v) is 7.16. The van der Waals surface area contributed by atoms with Gasteiger partial charge in [-0.2, -0.15) is 9.78 Å². The van der Waals surface area contributed by atoms with Crippen LogP contribution in [0.3, 0.4) is 0 Å². The van der Waals surface area contributed by atoms with Crippen molar-refractivity contribution in [3.63, 3.8) is 0 Å². The van der Waals surface area contributed by atoms with Crippen LogP contribution >= 0.6 is 22.9 Å². The third kappa shape index (κ3) is 4.70. The number of benzene rings is 2. The Kier molecular flexibility index (Phi) is 6.62. The minimum atomic E-state index is -0.305. The number of methoxy groups -OCH3 is 1. The topological polar surface area (TPSA) is 63.5 Å². The van der Waals surface area contributed by atoms with E-state index in [2.05, 4.69) is 20.3 Å². The van der Waals surface area contributed by atoms with E-state index in [0.29, 0.717) is 11.4 Å². The van der Waals surface area contributed by atoms with Gasteiger partial charge in [0.05, 0.1) is 30.4 Å². The molecule has 0 amide bonds. The van der Waals surface area contributed by atoms with Crippen LogP contribution in [0.15, 0.2) is 71.0 Å². The van der Waals surface area contributed by atoms with Crippen LogP contribution in [0.4, 0.5) is 5.69 Å². The molecule has 3 heterocycles. The average molecular weight is 494 g/mol. The summed E-state index contributed by atoms with van der Waals surface area (Å²) in [4.78, 5) is 22.1. The molecule has 0 saturated carbocycles. The number of nitrogens with zero attached hydrogens (tertiary/aromatic N) is 5. The van der Waals surface area contributed by atoms with Crippen molar-refractivity contribution in [3.05, 3.63) is 87.2 Å². The van der Waals surface area contributed by atoms with Gasteiger partial charge in [-0.25, -0.2) is 4.98 Å². The molecule has 34 heavy (non-hydrogen) atoms. The first-order chi connectivity index (χ1) is 16.6. The van der Waals surface area contributed by atoms with Crippen molar-refractivity contribution in [2.75, 3.05) is 38.2 Å². The Hall–Kier alpha value is -3.20. The summed E-state index contributed by atoms with van der Waals surface area (Å²) in [5, 5.41) is 7.67. The second-order valence-corrected chi connectivity index (χ2v) is 9.27. The molecule has 2 aromatic heterocycles. The average Bonchev–Trinajstić information content (AvgIpc) is 3.35. The Bertz CT molecular complexity index is 1330. The number of hydrogen-bond acceptors (Lipinski definition) is 7. The first-order valence-electron chi connectivity index (χ1n) is 11.0. The van der Waals surface area contributed by atoms with Gasteiger partial charge in [-0.05, 0) is 24.3 Å². The van der Waals surface area contributed by atoms with Crippen LogP contribution < -0.4 is 15.2 Å². The van der Waals surface area contributed by atoms with E-state index in [1.54, 1.807) is 24.6 Å². The third-order valence-electron chi connectivity index (χ3n) is 5.87. The summed E-state index contributed by atoms with van der Waals surface area (Å²) in [6.07, 6.45) is 1.69. The fraction of sp³-hybridized carbons (Fsp3) is 0.240. The smallest absolute Gasteiger partial charge is 0.292 e. The maximum Gasteiger partial charge on any atom is 0.292 e. The van der Waals surface area contributed by atoms with Gasteiger partial charge in [0, 0.05) is 43.7 Å². The van der Waals surface area contributed by atoms with Gasteiger partial charge in [0.15, 0.2) is 0 Å². The molecule has 5 rings (SSSR count). The van der Waals surface area contributed by atoms with Crippen molar-refractivity contribution in [1.29, 1.82) is 0 Å². The molecule has 2 aromatic carbocycles. The fourth-order valence-corrected chi connectivity index (χ4v) is 5.10. The molecule has 1 saturated heterocycles. The lowest BCUT2D eigenvalue weighted by Gasteiger charge is -2.35. The molecule has 0 bridgehead atoms. The van der Waals surface area contributed by atoms with E-state index in [1.807, 2.05) is 54.6 Å². The molecular formula is C25H24ClN5O2S. The molecule has 0 atom stereocenters. The van der Waals surface area contributed by atoms with Gasteiger partial charge in [0.25, 0.3) is 5.56 Å². The Morgan fingerprint density at radius 1 is 1.06 bits per heavy atom. The lowest BCUT2D eigenvalue weighted by molar-refractivity contribution is 0.247. The van der Waals surface area contributed by atoms with Crippen LogP contribution in [0.1, 0.15) is 5.69 Å². The highest BCUT2D eigenvalue weighted by atomic mass is 35.5.